The fourth-order valence-corrected chi connectivity index (χ4v) is 1.47. The second-order valence-electron chi connectivity index (χ2n) is 1.35. The lowest BCUT2D eigenvalue weighted by molar-refractivity contribution is 0.465. The molecule has 1 atom stereocenters. The summed E-state index contributed by atoms with van der Waals surface area (Å²) in [7, 11) is -4.05. The summed E-state index contributed by atoms with van der Waals surface area (Å²) in [5, 5.41) is -1.13. The maximum Gasteiger partial charge on any atom is 0.283 e. The van der Waals surface area contributed by atoms with Crippen molar-refractivity contribution in [1.82, 2.24) is 4.34 Å². The third-order valence-electron chi connectivity index (χ3n) is 0.695. The van der Waals surface area contributed by atoms with Crippen LogP contribution in [0.4, 0.5) is 0 Å². The van der Waals surface area contributed by atoms with Gasteiger partial charge >= 0.3 is 0 Å². The molecule has 0 radical (unpaired) electrons. The van der Waals surface area contributed by atoms with Gasteiger partial charge in [-0.1, -0.05) is 0 Å². The van der Waals surface area contributed by atoms with Crippen molar-refractivity contribution in [1.29, 1.82) is 0 Å². The quantitative estimate of drug-likeness (QED) is 0.420. The van der Waals surface area contributed by atoms with E-state index in [9.17, 15) is 8.42 Å². The molecule has 0 fully saturated rings. The Morgan fingerprint density at radius 2 is 2.22 bits per heavy atom. The van der Waals surface area contributed by atoms with Gasteiger partial charge in [0.2, 0.25) is 0 Å². The van der Waals surface area contributed by atoms with E-state index in [1.165, 1.54) is 0 Å². The molecule has 0 amide bonds. The minimum Gasteiger partial charge on any atom is -0.328 e. The number of nitrogens with two attached hydrogens (primary N) is 1. The van der Waals surface area contributed by atoms with Crippen LogP contribution in [0.5, 0.6) is 0 Å². The van der Waals surface area contributed by atoms with Crippen molar-refractivity contribution in [2.24, 2.45) is 5.73 Å². The van der Waals surface area contributed by atoms with Gasteiger partial charge in [-0.3, -0.25) is 4.55 Å². The SMILES string of the molecule is NCC(NBr)S(=O)(=O)O. The lowest BCUT2D eigenvalue weighted by Crippen LogP contribution is -2.37. The first-order chi connectivity index (χ1) is 4.02. The highest BCUT2D eigenvalue weighted by Gasteiger charge is 2.18. The Bertz CT molecular complexity index is 163. The monoisotopic (exact) mass is 218 g/mol. The third kappa shape index (κ3) is 3.11. The number of nitrogens with one attached hydrogen (secondary N) is 1. The van der Waals surface area contributed by atoms with E-state index in [4.69, 9.17) is 10.3 Å². The topological polar surface area (TPSA) is 92.4 Å². The van der Waals surface area contributed by atoms with E-state index in [1.807, 2.05) is 0 Å². The number of hydrogen-bond donors (Lipinski definition) is 3. The molecule has 4 N–H and O–H groups in total. The van der Waals surface area contributed by atoms with Crippen LogP contribution in [0.2, 0.25) is 0 Å². The zero-order chi connectivity index (χ0) is 7.49. The maximum absolute atomic E-state index is 10.2. The molecule has 0 heterocycles. The first-order valence-corrected chi connectivity index (χ1v) is 4.34. The summed E-state index contributed by atoms with van der Waals surface area (Å²) in [5.41, 5.74) is 4.94. The second kappa shape index (κ2) is 3.47. The van der Waals surface area contributed by atoms with Crippen LogP contribution in [0.1, 0.15) is 0 Å². The van der Waals surface area contributed by atoms with Gasteiger partial charge in [0.05, 0.1) is 0 Å². The molecule has 7 heteroatoms. The summed E-state index contributed by atoms with van der Waals surface area (Å²) < 4.78 is 30.8. The highest BCUT2D eigenvalue weighted by Crippen LogP contribution is 1.92. The van der Waals surface area contributed by atoms with Crippen LogP contribution >= 0.6 is 16.1 Å². The van der Waals surface area contributed by atoms with Crippen LogP contribution in [-0.2, 0) is 10.1 Å². The summed E-state index contributed by atoms with van der Waals surface area (Å²) >= 11 is 2.64. The fraction of sp³-hybridized carbons (Fsp3) is 1.00. The van der Waals surface area contributed by atoms with Gasteiger partial charge in [0.25, 0.3) is 10.1 Å². The van der Waals surface area contributed by atoms with Crippen molar-refractivity contribution in [3.63, 3.8) is 0 Å². The molecule has 0 aliphatic heterocycles. The van der Waals surface area contributed by atoms with Gasteiger partial charge in [0, 0.05) is 22.7 Å². The molecule has 5 nitrogen and oxygen atoms in total. The molecule has 56 valence electrons. The minimum absolute atomic E-state index is 0.177. The van der Waals surface area contributed by atoms with E-state index in [2.05, 4.69) is 20.5 Å². The van der Waals surface area contributed by atoms with E-state index in [1.54, 1.807) is 0 Å². The standard InChI is InChI=1S/C2H7BrN2O3S/c3-5-2(1-4)9(6,7)8/h2,5H,1,4H2,(H,6,7,8). The average molecular weight is 219 g/mol. The van der Waals surface area contributed by atoms with Crippen molar-refractivity contribution in [3.05, 3.63) is 0 Å². The third-order valence-corrected chi connectivity index (χ3v) is 2.58. The molecule has 0 aromatic rings. The molecule has 1 unspecified atom stereocenters. The first kappa shape index (κ1) is 9.31. The Morgan fingerprint density at radius 3 is 2.22 bits per heavy atom. The molecular formula is C2H7BrN2O3S. The van der Waals surface area contributed by atoms with Crippen molar-refractivity contribution in [2.75, 3.05) is 6.54 Å². The van der Waals surface area contributed by atoms with Crippen LogP contribution in [0.25, 0.3) is 0 Å². The van der Waals surface area contributed by atoms with Crippen LogP contribution in [0.15, 0.2) is 0 Å². The van der Waals surface area contributed by atoms with Gasteiger partial charge < -0.3 is 5.73 Å². The van der Waals surface area contributed by atoms with Crippen LogP contribution in [0.3, 0.4) is 0 Å². The number of halogens is 1. The summed E-state index contributed by atoms with van der Waals surface area (Å²) in [6, 6.07) is 0. The summed E-state index contributed by atoms with van der Waals surface area (Å²) in [6.07, 6.45) is 0. The molecule has 0 aromatic carbocycles. The normalized spacial score (nSPS) is 15.4. The fourth-order valence-electron chi connectivity index (χ4n) is 0.222. The molecule has 0 aliphatic rings. The number of rotatable bonds is 3. The predicted octanol–water partition coefficient (Wildman–Crippen LogP) is -0.941. The molecule has 0 saturated heterocycles. The second-order valence-corrected chi connectivity index (χ2v) is 3.41. The van der Waals surface area contributed by atoms with Gasteiger partial charge in [-0.25, -0.2) is 4.34 Å². The predicted molar refractivity (Wildman–Crippen MR) is 36.5 cm³/mol. The minimum atomic E-state index is -4.05. The van der Waals surface area contributed by atoms with Crippen molar-refractivity contribution in [3.8, 4) is 0 Å². The van der Waals surface area contributed by atoms with E-state index in [0.717, 1.165) is 0 Å². The van der Waals surface area contributed by atoms with E-state index >= 15 is 0 Å². The van der Waals surface area contributed by atoms with E-state index in [-0.39, 0.29) is 6.54 Å². The van der Waals surface area contributed by atoms with Crippen molar-refractivity contribution >= 4 is 26.3 Å². The molecule has 0 bridgehead atoms. The van der Waals surface area contributed by atoms with Gasteiger partial charge in [0.1, 0.15) is 0 Å². The Hall–Kier alpha value is 0.310. The van der Waals surface area contributed by atoms with Crippen molar-refractivity contribution in [2.45, 2.75) is 5.37 Å². The highest BCUT2D eigenvalue weighted by atomic mass is 79.9. The van der Waals surface area contributed by atoms with Crippen LogP contribution in [-0.4, -0.2) is 24.9 Å². The Balaban J connectivity index is 4.14. The molecule has 0 rings (SSSR count). The largest absolute Gasteiger partial charge is 0.328 e. The molecule has 0 spiro atoms. The molecular weight excluding hydrogens is 212 g/mol. The maximum atomic E-state index is 10.2. The van der Waals surface area contributed by atoms with Gasteiger partial charge in [-0.05, 0) is 0 Å². The summed E-state index contributed by atoms with van der Waals surface area (Å²) in [5.74, 6) is 0. The van der Waals surface area contributed by atoms with Crippen molar-refractivity contribution < 1.29 is 13.0 Å². The average Bonchev–Trinajstić information content (AvgIpc) is 1.65. The number of hydrogen-bond acceptors (Lipinski definition) is 4. The van der Waals surface area contributed by atoms with Crippen LogP contribution < -0.4 is 10.1 Å². The zero-order valence-corrected chi connectivity index (χ0v) is 6.81. The molecule has 9 heavy (non-hydrogen) atoms. The Morgan fingerprint density at radius 1 is 1.78 bits per heavy atom. The Labute approximate surface area is 61.7 Å². The highest BCUT2D eigenvalue weighted by molar-refractivity contribution is 9.08. The molecule has 0 aromatic heterocycles. The smallest absolute Gasteiger partial charge is 0.283 e. The van der Waals surface area contributed by atoms with E-state index in [0.29, 0.717) is 0 Å². The first-order valence-electron chi connectivity index (χ1n) is 2.05. The Kier molecular flexibility index (Phi) is 3.59. The summed E-state index contributed by atoms with van der Waals surface area (Å²) in [4.78, 5) is 0. The lowest BCUT2D eigenvalue weighted by atomic mass is 10.7. The zero-order valence-electron chi connectivity index (χ0n) is 4.41. The van der Waals surface area contributed by atoms with Gasteiger partial charge in [-0.2, -0.15) is 8.42 Å². The van der Waals surface area contributed by atoms with Gasteiger partial charge in [0.15, 0.2) is 5.37 Å². The molecule has 0 aliphatic carbocycles. The van der Waals surface area contributed by atoms with Gasteiger partial charge in [-0.15, -0.1) is 0 Å². The lowest BCUT2D eigenvalue weighted by Gasteiger charge is -2.06. The van der Waals surface area contributed by atoms with Crippen LogP contribution in [0, 0.1) is 0 Å². The summed E-state index contributed by atoms with van der Waals surface area (Å²) in [6.45, 7) is -0.177. The molecule has 0 saturated carbocycles. The van der Waals surface area contributed by atoms with E-state index < -0.39 is 15.5 Å².